The number of nitrogen functional groups attached to an aromatic ring is 1. The lowest BCUT2D eigenvalue weighted by molar-refractivity contribution is 0.299. The van der Waals surface area contributed by atoms with Gasteiger partial charge in [-0.05, 0) is 31.9 Å². The summed E-state index contributed by atoms with van der Waals surface area (Å²) in [5.74, 6) is 0.773. The SMILES string of the molecule is CCCOc1cc(Oc2ccc(C)cc2C)c(N)cc1F. The molecule has 0 heterocycles. The quantitative estimate of drug-likeness (QED) is 0.818. The number of hydrogen-bond donors (Lipinski definition) is 1. The second-order valence-electron chi connectivity index (χ2n) is 5.04. The molecule has 2 aromatic carbocycles. The van der Waals surface area contributed by atoms with E-state index in [9.17, 15) is 4.39 Å². The van der Waals surface area contributed by atoms with Gasteiger partial charge in [0.05, 0.1) is 12.3 Å². The minimum Gasteiger partial charge on any atom is -0.490 e. The molecule has 0 fully saturated rings. The molecule has 112 valence electrons. The zero-order valence-corrected chi connectivity index (χ0v) is 12.6. The van der Waals surface area contributed by atoms with Crippen molar-refractivity contribution in [3.63, 3.8) is 0 Å². The molecule has 0 radical (unpaired) electrons. The molecule has 0 aliphatic rings. The fourth-order valence-corrected chi connectivity index (χ4v) is 1.99. The van der Waals surface area contributed by atoms with Crippen LogP contribution in [0.25, 0.3) is 0 Å². The minimum absolute atomic E-state index is 0.158. The largest absolute Gasteiger partial charge is 0.490 e. The van der Waals surface area contributed by atoms with Crippen LogP contribution in [0.1, 0.15) is 24.5 Å². The minimum atomic E-state index is -0.478. The fourth-order valence-electron chi connectivity index (χ4n) is 1.99. The van der Waals surface area contributed by atoms with Crippen molar-refractivity contribution in [3.05, 3.63) is 47.3 Å². The highest BCUT2D eigenvalue weighted by molar-refractivity contribution is 5.58. The molecule has 0 amide bonds. The van der Waals surface area contributed by atoms with E-state index in [0.29, 0.717) is 18.1 Å². The number of halogens is 1. The number of aryl methyl sites for hydroxylation is 2. The van der Waals surface area contributed by atoms with E-state index in [2.05, 4.69) is 0 Å². The number of benzene rings is 2. The smallest absolute Gasteiger partial charge is 0.167 e. The topological polar surface area (TPSA) is 44.5 Å². The van der Waals surface area contributed by atoms with Gasteiger partial charge in [0.15, 0.2) is 17.3 Å². The number of rotatable bonds is 5. The van der Waals surface area contributed by atoms with E-state index < -0.39 is 5.82 Å². The van der Waals surface area contributed by atoms with Crippen molar-refractivity contribution >= 4 is 5.69 Å². The summed E-state index contributed by atoms with van der Waals surface area (Å²) in [6.07, 6.45) is 0.803. The predicted molar refractivity (Wildman–Crippen MR) is 82.6 cm³/mol. The van der Waals surface area contributed by atoms with Crippen LogP contribution in [0.2, 0.25) is 0 Å². The monoisotopic (exact) mass is 289 g/mol. The summed E-state index contributed by atoms with van der Waals surface area (Å²) in [5.41, 5.74) is 8.22. The third-order valence-corrected chi connectivity index (χ3v) is 3.08. The van der Waals surface area contributed by atoms with E-state index in [0.717, 1.165) is 17.5 Å². The van der Waals surface area contributed by atoms with Crippen LogP contribution in [0, 0.1) is 19.7 Å². The van der Waals surface area contributed by atoms with Gasteiger partial charge in [-0.15, -0.1) is 0 Å². The van der Waals surface area contributed by atoms with Gasteiger partial charge in [0.2, 0.25) is 0 Å². The first-order valence-corrected chi connectivity index (χ1v) is 6.98. The molecule has 4 heteroatoms. The average Bonchev–Trinajstić information content (AvgIpc) is 2.43. The molecule has 2 rings (SSSR count). The fraction of sp³-hybridized carbons (Fsp3) is 0.294. The summed E-state index contributed by atoms with van der Waals surface area (Å²) < 4.78 is 24.9. The van der Waals surface area contributed by atoms with Crippen LogP contribution >= 0.6 is 0 Å². The number of nitrogens with two attached hydrogens (primary N) is 1. The van der Waals surface area contributed by atoms with Gasteiger partial charge < -0.3 is 15.2 Å². The van der Waals surface area contributed by atoms with Gasteiger partial charge in [-0.3, -0.25) is 0 Å². The molecule has 0 aromatic heterocycles. The molecule has 0 aliphatic carbocycles. The number of anilines is 1. The molecular weight excluding hydrogens is 269 g/mol. The van der Waals surface area contributed by atoms with E-state index in [-0.39, 0.29) is 11.4 Å². The molecule has 0 saturated heterocycles. The highest BCUT2D eigenvalue weighted by atomic mass is 19.1. The molecule has 2 N–H and O–H groups in total. The van der Waals surface area contributed by atoms with Crippen molar-refractivity contribution < 1.29 is 13.9 Å². The van der Waals surface area contributed by atoms with Crippen molar-refractivity contribution in [1.82, 2.24) is 0 Å². The zero-order chi connectivity index (χ0) is 15.4. The number of hydrogen-bond acceptors (Lipinski definition) is 3. The van der Waals surface area contributed by atoms with Gasteiger partial charge >= 0.3 is 0 Å². The van der Waals surface area contributed by atoms with Crippen LogP contribution in [0.3, 0.4) is 0 Å². The standard InChI is InChI=1S/C17H20FNO2/c1-4-7-20-16-10-17(14(19)9-13(16)18)21-15-6-5-11(2)8-12(15)3/h5-6,8-10H,4,7,19H2,1-3H3. The summed E-state index contributed by atoms with van der Waals surface area (Å²) in [6.45, 7) is 6.38. The first-order valence-electron chi connectivity index (χ1n) is 6.98. The lowest BCUT2D eigenvalue weighted by Gasteiger charge is -2.14. The molecule has 21 heavy (non-hydrogen) atoms. The average molecular weight is 289 g/mol. The molecule has 0 aliphatic heterocycles. The molecule has 0 atom stereocenters. The third-order valence-electron chi connectivity index (χ3n) is 3.08. The van der Waals surface area contributed by atoms with E-state index in [4.69, 9.17) is 15.2 Å². The summed E-state index contributed by atoms with van der Waals surface area (Å²) in [5, 5.41) is 0. The van der Waals surface area contributed by atoms with Crippen LogP contribution in [0.15, 0.2) is 30.3 Å². The van der Waals surface area contributed by atoms with Crippen molar-refractivity contribution in [2.45, 2.75) is 27.2 Å². The van der Waals surface area contributed by atoms with Crippen LogP contribution < -0.4 is 15.2 Å². The molecule has 3 nitrogen and oxygen atoms in total. The van der Waals surface area contributed by atoms with Crippen molar-refractivity contribution in [2.24, 2.45) is 0 Å². The Balaban J connectivity index is 2.30. The Kier molecular flexibility index (Phi) is 4.68. The van der Waals surface area contributed by atoms with E-state index in [1.807, 2.05) is 39.0 Å². The van der Waals surface area contributed by atoms with Gasteiger partial charge in [0.1, 0.15) is 5.75 Å². The molecule has 0 spiro atoms. The van der Waals surface area contributed by atoms with E-state index >= 15 is 0 Å². The van der Waals surface area contributed by atoms with Gasteiger partial charge in [0.25, 0.3) is 0 Å². The maximum atomic E-state index is 13.8. The van der Waals surface area contributed by atoms with Crippen LogP contribution in [0.5, 0.6) is 17.2 Å². The first kappa shape index (κ1) is 15.2. The second kappa shape index (κ2) is 6.48. The number of ether oxygens (including phenoxy) is 2. The van der Waals surface area contributed by atoms with Gasteiger partial charge in [-0.1, -0.05) is 24.6 Å². The maximum Gasteiger partial charge on any atom is 0.167 e. The molecule has 0 saturated carbocycles. The summed E-state index contributed by atoms with van der Waals surface area (Å²) in [6, 6.07) is 8.57. The summed E-state index contributed by atoms with van der Waals surface area (Å²) in [4.78, 5) is 0. The summed E-state index contributed by atoms with van der Waals surface area (Å²) in [7, 11) is 0. The Hall–Kier alpha value is -2.23. The van der Waals surface area contributed by atoms with Crippen LogP contribution in [-0.2, 0) is 0 Å². The Morgan fingerprint density at radius 2 is 1.81 bits per heavy atom. The van der Waals surface area contributed by atoms with Crippen molar-refractivity contribution in [1.29, 1.82) is 0 Å². The van der Waals surface area contributed by atoms with E-state index in [1.54, 1.807) is 0 Å². The Labute approximate surface area is 124 Å². The van der Waals surface area contributed by atoms with Crippen molar-refractivity contribution in [3.8, 4) is 17.2 Å². The third kappa shape index (κ3) is 3.66. The lowest BCUT2D eigenvalue weighted by Crippen LogP contribution is -2.00. The zero-order valence-electron chi connectivity index (χ0n) is 12.6. The highest BCUT2D eigenvalue weighted by Crippen LogP contribution is 2.34. The molecule has 0 bridgehead atoms. The van der Waals surface area contributed by atoms with E-state index in [1.165, 1.54) is 12.1 Å². The molecular formula is C17H20FNO2. The predicted octanol–water partition coefficient (Wildman–Crippen LogP) is 4.61. The van der Waals surface area contributed by atoms with Gasteiger partial charge in [0, 0.05) is 12.1 Å². The van der Waals surface area contributed by atoms with Crippen LogP contribution in [-0.4, -0.2) is 6.61 Å². The van der Waals surface area contributed by atoms with Gasteiger partial charge in [-0.25, -0.2) is 4.39 Å². The summed E-state index contributed by atoms with van der Waals surface area (Å²) >= 11 is 0. The lowest BCUT2D eigenvalue weighted by atomic mass is 10.1. The second-order valence-corrected chi connectivity index (χ2v) is 5.04. The van der Waals surface area contributed by atoms with Crippen molar-refractivity contribution in [2.75, 3.05) is 12.3 Å². The highest BCUT2D eigenvalue weighted by Gasteiger charge is 2.12. The molecule has 0 unspecified atom stereocenters. The Bertz CT molecular complexity index is 641. The molecule has 2 aromatic rings. The Morgan fingerprint density at radius 1 is 1.05 bits per heavy atom. The normalized spacial score (nSPS) is 10.5. The Morgan fingerprint density at radius 3 is 2.48 bits per heavy atom. The maximum absolute atomic E-state index is 13.8. The first-order chi connectivity index (χ1) is 10.0. The van der Waals surface area contributed by atoms with Gasteiger partial charge in [-0.2, -0.15) is 0 Å². The van der Waals surface area contributed by atoms with Crippen LogP contribution in [0.4, 0.5) is 10.1 Å².